The van der Waals surface area contributed by atoms with E-state index in [2.05, 4.69) is 39.0 Å². The molecule has 2 aliphatic heterocycles. The van der Waals surface area contributed by atoms with Crippen LogP contribution in [0.25, 0.3) is 0 Å². The van der Waals surface area contributed by atoms with E-state index in [0.29, 0.717) is 11.9 Å². The molecular formula is C17H37IN6O. The Balaban J connectivity index is 0.00000312. The molecule has 2 heterocycles. The molecule has 0 amide bonds. The average molecular weight is 468 g/mol. The van der Waals surface area contributed by atoms with Gasteiger partial charge in [-0.25, -0.2) is 0 Å². The van der Waals surface area contributed by atoms with Crippen LogP contribution in [0.2, 0.25) is 0 Å². The molecule has 1 unspecified atom stereocenters. The molecule has 0 aromatic rings. The maximum atomic E-state index is 5.98. The van der Waals surface area contributed by atoms with E-state index >= 15 is 0 Å². The minimum absolute atomic E-state index is 0. The molecule has 0 spiro atoms. The predicted molar refractivity (Wildman–Crippen MR) is 115 cm³/mol. The fourth-order valence-corrected chi connectivity index (χ4v) is 3.18. The van der Waals surface area contributed by atoms with E-state index in [0.717, 1.165) is 58.9 Å². The van der Waals surface area contributed by atoms with Crippen molar-refractivity contribution >= 4 is 29.9 Å². The van der Waals surface area contributed by atoms with Crippen LogP contribution in [0.15, 0.2) is 4.99 Å². The Kier molecular flexibility index (Phi) is 12.0. The van der Waals surface area contributed by atoms with Crippen LogP contribution < -0.4 is 11.1 Å². The Labute approximate surface area is 170 Å². The summed E-state index contributed by atoms with van der Waals surface area (Å²) >= 11 is 0. The van der Waals surface area contributed by atoms with Crippen molar-refractivity contribution in [3.63, 3.8) is 0 Å². The average Bonchev–Trinajstić information content (AvgIpc) is 2.60. The van der Waals surface area contributed by atoms with E-state index in [4.69, 9.17) is 10.5 Å². The van der Waals surface area contributed by atoms with Crippen molar-refractivity contribution in [3.8, 4) is 0 Å². The van der Waals surface area contributed by atoms with E-state index in [9.17, 15) is 0 Å². The van der Waals surface area contributed by atoms with Gasteiger partial charge in [-0.1, -0.05) is 6.92 Å². The summed E-state index contributed by atoms with van der Waals surface area (Å²) in [7, 11) is 2.19. The van der Waals surface area contributed by atoms with Crippen LogP contribution in [-0.2, 0) is 4.74 Å². The molecule has 0 bridgehead atoms. The summed E-state index contributed by atoms with van der Waals surface area (Å²) in [5, 5.41) is 3.24. The van der Waals surface area contributed by atoms with Crippen molar-refractivity contribution in [2.75, 3.05) is 85.7 Å². The number of halogens is 1. The Bertz CT molecular complexity index is 370. The fourth-order valence-electron chi connectivity index (χ4n) is 3.18. The largest absolute Gasteiger partial charge is 0.379 e. The Hall–Kier alpha value is -0.160. The van der Waals surface area contributed by atoms with Gasteiger partial charge >= 0.3 is 0 Å². The van der Waals surface area contributed by atoms with E-state index in [-0.39, 0.29) is 24.0 Å². The maximum Gasteiger partial charge on any atom is 0.188 e. The van der Waals surface area contributed by atoms with Gasteiger partial charge in [0.25, 0.3) is 0 Å². The summed E-state index contributed by atoms with van der Waals surface area (Å²) in [6, 6.07) is 0. The predicted octanol–water partition coefficient (Wildman–Crippen LogP) is 0.115. The highest BCUT2D eigenvalue weighted by Gasteiger charge is 2.15. The molecule has 2 aliphatic rings. The lowest BCUT2D eigenvalue weighted by molar-refractivity contribution is 0.0376. The van der Waals surface area contributed by atoms with Crippen molar-refractivity contribution in [2.24, 2.45) is 16.6 Å². The number of morpholine rings is 1. The number of hydrogen-bond donors (Lipinski definition) is 2. The lowest BCUT2D eigenvalue weighted by Gasteiger charge is -2.33. The first-order valence-electron chi connectivity index (χ1n) is 9.38. The van der Waals surface area contributed by atoms with Gasteiger partial charge in [0.05, 0.1) is 13.2 Å². The third-order valence-electron chi connectivity index (χ3n) is 4.80. The maximum absolute atomic E-state index is 5.98. The van der Waals surface area contributed by atoms with Crippen molar-refractivity contribution in [3.05, 3.63) is 0 Å². The van der Waals surface area contributed by atoms with Crippen LogP contribution in [0.3, 0.4) is 0 Å². The van der Waals surface area contributed by atoms with Crippen LogP contribution in [0.4, 0.5) is 0 Å². The summed E-state index contributed by atoms with van der Waals surface area (Å²) in [5.41, 5.74) is 5.98. The van der Waals surface area contributed by atoms with Gasteiger partial charge in [-0.15, -0.1) is 24.0 Å². The van der Waals surface area contributed by atoms with Crippen molar-refractivity contribution in [1.29, 1.82) is 0 Å². The van der Waals surface area contributed by atoms with Crippen LogP contribution in [0.5, 0.6) is 0 Å². The third-order valence-corrected chi connectivity index (χ3v) is 4.80. The minimum atomic E-state index is 0. The number of piperazine rings is 1. The zero-order chi connectivity index (χ0) is 17.2. The van der Waals surface area contributed by atoms with Gasteiger partial charge in [0.1, 0.15) is 0 Å². The van der Waals surface area contributed by atoms with Gasteiger partial charge in [-0.2, -0.15) is 0 Å². The number of guanidine groups is 1. The second-order valence-corrected chi connectivity index (χ2v) is 7.17. The molecule has 1 atom stereocenters. The standard InChI is InChI=1S/C17H36N6O.HI/c1-16(15-23-8-6-21(2)7-9-23)14-20-17(18)19-4-3-5-22-10-12-24-13-11-22;/h16H,3-15H2,1-2H3,(H3,18,19,20);1H. The monoisotopic (exact) mass is 468 g/mol. The van der Waals surface area contributed by atoms with E-state index in [1.165, 1.54) is 26.2 Å². The summed E-state index contributed by atoms with van der Waals surface area (Å²) in [6.45, 7) is 14.7. The molecule has 0 aliphatic carbocycles. The molecule has 0 saturated carbocycles. The first-order chi connectivity index (χ1) is 11.6. The normalized spacial score (nSPS) is 22.4. The number of nitrogens with one attached hydrogen (secondary N) is 1. The molecule has 0 radical (unpaired) electrons. The lowest BCUT2D eigenvalue weighted by Crippen LogP contribution is -2.46. The molecule has 2 rings (SSSR count). The van der Waals surface area contributed by atoms with Crippen LogP contribution >= 0.6 is 24.0 Å². The smallest absolute Gasteiger partial charge is 0.188 e. The van der Waals surface area contributed by atoms with Gasteiger partial charge < -0.3 is 25.6 Å². The zero-order valence-corrected chi connectivity index (χ0v) is 18.3. The number of ether oxygens (including phenoxy) is 1. The Morgan fingerprint density at radius 3 is 2.48 bits per heavy atom. The number of likely N-dealkylation sites (N-methyl/N-ethyl adjacent to an activating group) is 1. The van der Waals surface area contributed by atoms with Gasteiger partial charge in [-0.05, 0) is 25.9 Å². The number of rotatable bonds is 8. The summed E-state index contributed by atoms with van der Waals surface area (Å²) in [4.78, 5) is 11.9. The Morgan fingerprint density at radius 2 is 1.80 bits per heavy atom. The SMILES string of the molecule is CC(CN=C(N)NCCCN1CCOCC1)CN1CCN(C)CC1.I. The van der Waals surface area contributed by atoms with Crippen LogP contribution in [0, 0.1) is 5.92 Å². The highest BCUT2D eigenvalue weighted by atomic mass is 127. The molecule has 148 valence electrons. The van der Waals surface area contributed by atoms with Crippen molar-refractivity contribution < 1.29 is 4.74 Å². The highest BCUT2D eigenvalue weighted by Crippen LogP contribution is 2.05. The third kappa shape index (κ3) is 9.93. The van der Waals surface area contributed by atoms with Crippen LogP contribution in [-0.4, -0.2) is 106 Å². The second kappa shape index (κ2) is 13.1. The molecular weight excluding hydrogens is 431 g/mol. The van der Waals surface area contributed by atoms with E-state index in [1.54, 1.807) is 0 Å². The van der Waals surface area contributed by atoms with Crippen molar-refractivity contribution in [1.82, 2.24) is 20.0 Å². The molecule has 25 heavy (non-hydrogen) atoms. The lowest BCUT2D eigenvalue weighted by atomic mass is 10.1. The quantitative estimate of drug-likeness (QED) is 0.228. The topological polar surface area (TPSA) is 69.4 Å². The first-order valence-corrected chi connectivity index (χ1v) is 9.38. The summed E-state index contributed by atoms with van der Waals surface area (Å²) < 4.78 is 5.36. The molecule has 0 aromatic heterocycles. The van der Waals surface area contributed by atoms with Crippen LogP contribution in [0.1, 0.15) is 13.3 Å². The second-order valence-electron chi connectivity index (χ2n) is 7.17. The van der Waals surface area contributed by atoms with Gasteiger partial charge in [0, 0.05) is 58.9 Å². The molecule has 2 saturated heterocycles. The molecule has 2 fully saturated rings. The number of aliphatic imine (C=N–C) groups is 1. The summed E-state index contributed by atoms with van der Waals surface area (Å²) in [5.74, 6) is 1.13. The van der Waals surface area contributed by atoms with Crippen molar-refractivity contribution in [2.45, 2.75) is 13.3 Å². The molecule has 3 N–H and O–H groups in total. The molecule has 8 heteroatoms. The van der Waals surface area contributed by atoms with E-state index < -0.39 is 0 Å². The first kappa shape index (κ1) is 22.9. The highest BCUT2D eigenvalue weighted by molar-refractivity contribution is 14.0. The minimum Gasteiger partial charge on any atom is -0.379 e. The number of nitrogens with zero attached hydrogens (tertiary/aromatic N) is 4. The van der Waals surface area contributed by atoms with E-state index in [1.807, 2.05) is 0 Å². The number of nitrogens with two attached hydrogens (primary N) is 1. The molecule has 0 aromatic carbocycles. The number of hydrogen-bond acceptors (Lipinski definition) is 5. The van der Waals surface area contributed by atoms with Gasteiger partial charge in [-0.3, -0.25) is 9.89 Å². The summed E-state index contributed by atoms with van der Waals surface area (Å²) in [6.07, 6.45) is 1.09. The van der Waals surface area contributed by atoms with Gasteiger partial charge in [0.15, 0.2) is 5.96 Å². The fraction of sp³-hybridized carbons (Fsp3) is 0.941. The van der Waals surface area contributed by atoms with Gasteiger partial charge in [0.2, 0.25) is 0 Å². The zero-order valence-electron chi connectivity index (χ0n) is 16.0. The Morgan fingerprint density at radius 1 is 1.12 bits per heavy atom. The molecule has 7 nitrogen and oxygen atoms in total.